The van der Waals surface area contributed by atoms with E-state index in [-0.39, 0.29) is 5.54 Å². The minimum absolute atomic E-state index is 0.273. The van der Waals surface area contributed by atoms with Gasteiger partial charge in [-0.25, -0.2) is 0 Å². The summed E-state index contributed by atoms with van der Waals surface area (Å²) in [7, 11) is 0. The Morgan fingerprint density at radius 2 is 1.37 bits per heavy atom. The van der Waals surface area contributed by atoms with E-state index in [0.717, 1.165) is 5.92 Å². The molecule has 2 aliphatic rings. The van der Waals surface area contributed by atoms with Crippen LogP contribution in [-0.4, -0.2) is 12.1 Å². The summed E-state index contributed by atoms with van der Waals surface area (Å²) in [6.45, 7) is 8.21. The number of hydrogen-bond donors (Lipinski definition) is 1. The standard InChI is InChI=1S/C18H35N/c1-17(2,3)19-15-18(13-9-6-10-14-18)16-11-7-4-5-8-12-16/h16,19H,4-15H2,1-3H3. The van der Waals surface area contributed by atoms with Gasteiger partial charge in [-0.3, -0.25) is 0 Å². The number of hydrogen-bond acceptors (Lipinski definition) is 1. The Morgan fingerprint density at radius 3 is 1.89 bits per heavy atom. The normalized spacial score (nSPS) is 26.1. The van der Waals surface area contributed by atoms with Gasteiger partial charge in [-0.1, -0.05) is 44.9 Å². The molecule has 112 valence electrons. The number of rotatable bonds is 3. The topological polar surface area (TPSA) is 12.0 Å². The first-order valence-electron chi connectivity index (χ1n) is 8.77. The zero-order chi connectivity index (χ0) is 13.8. The fourth-order valence-electron chi connectivity index (χ4n) is 4.32. The van der Waals surface area contributed by atoms with Crippen molar-refractivity contribution in [2.24, 2.45) is 11.3 Å². The van der Waals surface area contributed by atoms with Gasteiger partial charge in [0.2, 0.25) is 0 Å². The average Bonchev–Trinajstić information content (AvgIpc) is 2.66. The molecule has 2 aliphatic carbocycles. The van der Waals surface area contributed by atoms with Gasteiger partial charge in [0.1, 0.15) is 0 Å². The fraction of sp³-hybridized carbons (Fsp3) is 1.00. The van der Waals surface area contributed by atoms with Crippen LogP contribution in [0.2, 0.25) is 0 Å². The maximum absolute atomic E-state index is 3.85. The SMILES string of the molecule is CC(C)(C)NCC1(C2CCCCCC2)CCCCC1. The first-order chi connectivity index (χ1) is 9.02. The predicted octanol–water partition coefficient (Wildman–Crippen LogP) is 5.30. The second kappa shape index (κ2) is 6.61. The highest BCUT2D eigenvalue weighted by atomic mass is 15.0. The molecule has 1 N–H and O–H groups in total. The summed E-state index contributed by atoms with van der Waals surface area (Å²) < 4.78 is 0. The highest BCUT2D eigenvalue weighted by Crippen LogP contribution is 2.47. The third kappa shape index (κ3) is 4.48. The van der Waals surface area contributed by atoms with Crippen LogP contribution in [0.15, 0.2) is 0 Å². The summed E-state index contributed by atoms with van der Waals surface area (Å²) >= 11 is 0. The molecule has 0 aromatic heterocycles. The van der Waals surface area contributed by atoms with Crippen molar-refractivity contribution in [3.05, 3.63) is 0 Å². The van der Waals surface area contributed by atoms with Crippen molar-refractivity contribution in [2.45, 2.75) is 96.9 Å². The van der Waals surface area contributed by atoms with E-state index in [1.54, 1.807) is 0 Å². The molecule has 0 bridgehead atoms. The molecule has 0 aromatic carbocycles. The highest BCUT2D eigenvalue weighted by Gasteiger charge is 2.39. The van der Waals surface area contributed by atoms with Crippen LogP contribution in [0.1, 0.15) is 91.4 Å². The Morgan fingerprint density at radius 1 is 0.842 bits per heavy atom. The quantitative estimate of drug-likeness (QED) is 0.683. The first kappa shape index (κ1) is 15.4. The fourth-order valence-corrected chi connectivity index (χ4v) is 4.32. The third-order valence-electron chi connectivity index (χ3n) is 5.54. The Hall–Kier alpha value is -0.0400. The van der Waals surface area contributed by atoms with Gasteiger partial charge in [0.25, 0.3) is 0 Å². The van der Waals surface area contributed by atoms with E-state index in [0.29, 0.717) is 5.41 Å². The molecule has 2 fully saturated rings. The van der Waals surface area contributed by atoms with Crippen molar-refractivity contribution in [2.75, 3.05) is 6.54 Å². The van der Waals surface area contributed by atoms with Crippen molar-refractivity contribution in [1.29, 1.82) is 0 Å². The summed E-state index contributed by atoms with van der Waals surface area (Å²) in [6, 6.07) is 0. The summed E-state index contributed by atoms with van der Waals surface area (Å²) in [4.78, 5) is 0. The molecule has 0 radical (unpaired) electrons. The van der Waals surface area contributed by atoms with Gasteiger partial charge >= 0.3 is 0 Å². The van der Waals surface area contributed by atoms with Gasteiger partial charge in [0.05, 0.1) is 0 Å². The molecule has 19 heavy (non-hydrogen) atoms. The second-order valence-electron chi connectivity index (χ2n) is 8.22. The second-order valence-corrected chi connectivity index (χ2v) is 8.22. The molecule has 2 saturated carbocycles. The largest absolute Gasteiger partial charge is 0.312 e. The molecule has 0 aromatic rings. The lowest BCUT2D eigenvalue weighted by Crippen LogP contribution is -2.48. The van der Waals surface area contributed by atoms with E-state index in [1.165, 1.54) is 77.2 Å². The summed E-state index contributed by atoms with van der Waals surface area (Å²) in [5, 5.41) is 3.85. The van der Waals surface area contributed by atoms with Gasteiger partial charge in [0, 0.05) is 12.1 Å². The Bertz CT molecular complexity index is 249. The molecule has 0 spiro atoms. The zero-order valence-electron chi connectivity index (χ0n) is 13.6. The lowest BCUT2D eigenvalue weighted by molar-refractivity contribution is 0.0740. The zero-order valence-corrected chi connectivity index (χ0v) is 13.6. The summed E-state index contributed by atoms with van der Waals surface area (Å²) in [5.74, 6) is 1.00. The van der Waals surface area contributed by atoms with Gasteiger partial charge in [-0.05, 0) is 57.8 Å². The van der Waals surface area contributed by atoms with E-state index in [9.17, 15) is 0 Å². The Kier molecular flexibility index (Phi) is 5.34. The summed E-state index contributed by atoms with van der Waals surface area (Å²) in [5.41, 5.74) is 0.908. The van der Waals surface area contributed by atoms with E-state index >= 15 is 0 Å². The average molecular weight is 265 g/mol. The maximum atomic E-state index is 3.85. The van der Waals surface area contributed by atoms with Crippen LogP contribution in [0.3, 0.4) is 0 Å². The molecule has 2 rings (SSSR count). The van der Waals surface area contributed by atoms with Crippen LogP contribution < -0.4 is 5.32 Å². The van der Waals surface area contributed by atoms with Crippen LogP contribution in [0.5, 0.6) is 0 Å². The molecule has 0 saturated heterocycles. The number of nitrogens with one attached hydrogen (secondary N) is 1. The van der Waals surface area contributed by atoms with Crippen LogP contribution in [0.25, 0.3) is 0 Å². The van der Waals surface area contributed by atoms with E-state index < -0.39 is 0 Å². The first-order valence-corrected chi connectivity index (χ1v) is 8.77. The van der Waals surface area contributed by atoms with E-state index in [1.807, 2.05) is 0 Å². The van der Waals surface area contributed by atoms with Crippen LogP contribution in [-0.2, 0) is 0 Å². The lowest BCUT2D eigenvalue weighted by atomic mass is 9.63. The van der Waals surface area contributed by atoms with Crippen LogP contribution in [0.4, 0.5) is 0 Å². The maximum Gasteiger partial charge on any atom is 0.00967 e. The minimum Gasteiger partial charge on any atom is -0.312 e. The molecular formula is C18H35N. The molecule has 1 nitrogen and oxygen atoms in total. The summed E-state index contributed by atoms with van der Waals surface area (Å²) in [6.07, 6.45) is 16.4. The van der Waals surface area contributed by atoms with Crippen LogP contribution in [0, 0.1) is 11.3 Å². The van der Waals surface area contributed by atoms with Gasteiger partial charge in [-0.2, -0.15) is 0 Å². The molecule has 1 heteroatoms. The molecule has 0 unspecified atom stereocenters. The van der Waals surface area contributed by atoms with Crippen molar-refractivity contribution in [3.63, 3.8) is 0 Å². The molecule has 0 atom stereocenters. The van der Waals surface area contributed by atoms with Crippen molar-refractivity contribution < 1.29 is 0 Å². The van der Waals surface area contributed by atoms with Crippen molar-refractivity contribution in [1.82, 2.24) is 5.32 Å². The van der Waals surface area contributed by atoms with Crippen LogP contribution >= 0.6 is 0 Å². The Balaban J connectivity index is 2.04. The molecule has 0 aliphatic heterocycles. The van der Waals surface area contributed by atoms with Gasteiger partial charge in [0.15, 0.2) is 0 Å². The molecular weight excluding hydrogens is 230 g/mol. The van der Waals surface area contributed by atoms with E-state index in [2.05, 4.69) is 26.1 Å². The highest BCUT2D eigenvalue weighted by molar-refractivity contribution is 4.93. The lowest BCUT2D eigenvalue weighted by Gasteiger charge is -2.45. The molecule has 0 heterocycles. The van der Waals surface area contributed by atoms with Crippen molar-refractivity contribution >= 4 is 0 Å². The smallest absolute Gasteiger partial charge is 0.00967 e. The minimum atomic E-state index is 0.273. The molecule has 0 amide bonds. The van der Waals surface area contributed by atoms with Gasteiger partial charge < -0.3 is 5.32 Å². The Labute approximate surface area is 120 Å². The third-order valence-corrected chi connectivity index (χ3v) is 5.54. The van der Waals surface area contributed by atoms with Crippen molar-refractivity contribution in [3.8, 4) is 0 Å². The van der Waals surface area contributed by atoms with Gasteiger partial charge in [-0.15, -0.1) is 0 Å². The van der Waals surface area contributed by atoms with E-state index in [4.69, 9.17) is 0 Å². The monoisotopic (exact) mass is 265 g/mol. The predicted molar refractivity (Wildman–Crippen MR) is 84.5 cm³/mol.